The molecule has 0 atom stereocenters. The molecule has 152 valence electrons. The molecule has 1 aliphatic rings. The highest BCUT2D eigenvalue weighted by molar-refractivity contribution is 7.16. The molecule has 0 saturated carbocycles. The van der Waals surface area contributed by atoms with Gasteiger partial charge in [0.25, 0.3) is 0 Å². The minimum Gasteiger partial charge on any atom is -0.350 e. The minimum atomic E-state index is -0.228. The van der Waals surface area contributed by atoms with Crippen molar-refractivity contribution >= 4 is 39.2 Å². The smallest absolute Gasteiger partial charge is 0.242 e. The molecule has 1 fully saturated rings. The van der Waals surface area contributed by atoms with E-state index in [0.29, 0.717) is 32.7 Å². The number of hydrogen-bond acceptors (Lipinski definition) is 7. The minimum absolute atomic E-state index is 0.0237. The van der Waals surface area contributed by atoms with E-state index in [1.165, 1.54) is 6.33 Å². The molecule has 0 bridgehead atoms. The molecule has 9 heteroatoms. The van der Waals surface area contributed by atoms with Crippen LogP contribution in [0.4, 0.5) is 5.82 Å². The topological polar surface area (TPSA) is 81.7 Å². The molecule has 8 nitrogen and oxygen atoms in total. The number of piperazine rings is 1. The summed E-state index contributed by atoms with van der Waals surface area (Å²) in [6.07, 6.45) is 1.54. The van der Waals surface area contributed by atoms with Gasteiger partial charge in [0.15, 0.2) is 0 Å². The van der Waals surface area contributed by atoms with Crippen LogP contribution in [0.2, 0.25) is 0 Å². The van der Waals surface area contributed by atoms with Crippen molar-refractivity contribution in [2.24, 2.45) is 0 Å². The van der Waals surface area contributed by atoms with Gasteiger partial charge in [-0.2, -0.15) is 0 Å². The zero-order valence-corrected chi connectivity index (χ0v) is 17.8. The molecule has 1 N–H and O–H groups in total. The first-order chi connectivity index (χ1) is 13.2. The predicted molar refractivity (Wildman–Crippen MR) is 112 cm³/mol. The van der Waals surface area contributed by atoms with E-state index in [9.17, 15) is 9.59 Å². The van der Waals surface area contributed by atoms with E-state index in [1.807, 2.05) is 49.1 Å². The first-order valence-electron chi connectivity index (χ1n) is 9.43. The Bertz CT molecular complexity index is 838. The summed E-state index contributed by atoms with van der Waals surface area (Å²) < 4.78 is 0. The van der Waals surface area contributed by atoms with Crippen LogP contribution in [-0.2, 0) is 9.59 Å². The quantitative estimate of drug-likeness (QED) is 0.806. The molecule has 3 heterocycles. The second-order valence-corrected chi connectivity index (χ2v) is 9.04. The molecule has 0 unspecified atom stereocenters. The number of fused-ring (bicyclic) bond motifs is 1. The Hall–Kier alpha value is -2.26. The van der Waals surface area contributed by atoms with Gasteiger partial charge in [-0.05, 0) is 32.2 Å². The average Bonchev–Trinajstić information content (AvgIpc) is 3.09. The van der Waals surface area contributed by atoms with E-state index in [0.717, 1.165) is 16.0 Å². The van der Waals surface area contributed by atoms with E-state index in [1.54, 1.807) is 11.3 Å². The number of nitrogens with zero attached hydrogens (tertiary/aromatic N) is 5. The lowest BCUT2D eigenvalue weighted by Gasteiger charge is -2.35. The summed E-state index contributed by atoms with van der Waals surface area (Å²) in [5, 5.41) is 5.93. The molecule has 2 aromatic heterocycles. The lowest BCUT2D eigenvalue weighted by Crippen LogP contribution is -2.54. The van der Waals surface area contributed by atoms with Crippen LogP contribution in [0.5, 0.6) is 0 Å². The van der Waals surface area contributed by atoms with Crippen LogP contribution in [0, 0.1) is 0 Å². The van der Waals surface area contributed by atoms with Crippen LogP contribution in [-0.4, -0.2) is 83.4 Å². The van der Waals surface area contributed by atoms with Crippen LogP contribution < -0.4 is 10.2 Å². The van der Waals surface area contributed by atoms with Crippen molar-refractivity contribution in [1.29, 1.82) is 0 Å². The van der Waals surface area contributed by atoms with Crippen LogP contribution in [0.25, 0.3) is 10.2 Å². The third-order valence-electron chi connectivity index (χ3n) is 4.58. The Morgan fingerprint density at radius 2 is 1.93 bits per heavy atom. The van der Waals surface area contributed by atoms with Gasteiger partial charge in [0.1, 0.15) is 17.0 Å². The van der Waals surface area contributed by atoms with Gasteiger partial charge < -0.3 is 15.1 Å². The van der Waals surface area contributed by atoms with Gasteiger partial charge >= 0.3 is 0 Å². The number of anilines is 1. The largest absolute Gasteiger partial charge is 0.350 e. The Balaban J connectivity index is 1.50. The first-order valence-corrected chi connectivity index (χ1v) is 10.3. The van der Waals surface area contributed by atoms with Gasteiger partial charge in [0.05, 0.1) is 18.5 Å². The third-order valence-corrected chi connectivity index (χ3v) is 5.40. The molecule has 28 heavy (non-hydrogen) atoms. The van der Waals surface area contributed by atoms with Gasteiger partial charge in [-0.25, -0.2) is 9.97 Å². The van der Waals surface area contributed by atoms with Gasteiger partial charge in [0, 0.05) is 38.8 Å². The summed E-state index contributed by atoms with van der Waals surface area (Å²) in [5.41, 5.74) is -0.228. The van der Waals surface area contributed by atoms with Crippen molar-refractivity contribution in [2.45, 2.75) is 26.3 Å². The van der Waals surface area contributed by atoms with Gasteiger partial charge in [-0.3, -0.25) is 14.5 Å². The lowest BCUT2D eigenvalue weighted by atomic mass is 10.1. The fourth-order valence-electron chi connectivity index (χ4n) is 3.28. The number of likely N-dealkylation sites (N-methyl/N-ethyl adjacent to an activating group) is 1. The zero-order chi connectivity index (χ0) is 20.3. The van der Waals surface area contributed by atoms with Crippen molar-refractivity contribution in [3.8, 4) is 0 Å². The van der Waals surface area contributed by atoms with Crippen LogP contribution in [0.1, 0.15) is 20.8 Å². The second kappa shape index (κ2) is 8.40. The summed E-state index contributed by atoms with van der Waals surface area (Å²) in [4.78, 5) is 40.2. The summed E-state index contributed by atoms with van der Waals surface area (Å²) in [5.74, 6) is 0.871. The van der Waals surface area contributed by atoms with Crippen molar-refractivity contribution in [2.75, 3.05) is 51.2 Å². The number of carbonyl (C=O) groups is 2. The van der Waals surface area contributed by atoms with E-state index in [2.05, 4.69) is 20.2 Å². The van der Waals surface area contributed by atoms with Crippen molar-refractivity contribution < 1.29 is 9.59 Å². The first kappa shape index (κ1) is 20.5. The summed E-state index contributed by atoms with van der Waals surface area (Å²) in [7, 11) is 1.88. The average molecular weight is 405 g/mol. The Labute approximate surface area is 169 Å². The Morgan fingerprint density at radius 1 is 1.21 bits per heavy atom. The predicted octanol–water partition coefficient (Wildman–Crippen LogP) is 1.19. The molecule has 0 aromatic carbocycles. The number of rotatable bonds is 5. The Kier molecular flexibility index (Phi) is 6.14. The zero-order valence-electron chi connectivity index (χ0n) is 16.9. The van der Waals surface area contributed by atoms with Crippen molar-refractivity contribution in [3.63, 3.8) is 0 Å². The molecule has 2 aromatic rings. The molecule has 3 rings (SSSR count). The van der Waals surface area contributed by atoms with E-state index in [-0.39, 0.29) is 23.9 Å². The van der Waals surface area contributed by atoms with Gasteiger partial charge in [-0.1, -0.05) is 0 Å². The van der Waals surface area contributed by atoms with E-state index >= 15 is 0 Å². The standard InChI is InChI=1S/C19H28N6O2S/c1-19(2,3)22-15(26)11-24-6-8-25(9-7-24)16(27)12-23(4)17-14-5-10-28-18(14)21-13-20-17/h5,10,13H,6-9,11-12H2,1-4H3,(H,22,26). The fourth-order valence-corrected chi connectivity index (χ4v) is 4.00. The summed E-state index contributed by atoms with van der Waals surface area (Å²) in [6.45, 7) is 9.23. The number of nitrogens with one attached hydrogen (secondary N) is 1. The lowest BCUT2D eigenvalue weighted by molar-refractivity contribution is -0.131. The molecule has 2 amide bonds. The van der Waals surface area contributed by atoms with Crippen LogP contribution >= 0.6 is 11.3 Å². The van der Waals surface area contributed by atoms with Gasteiger partial charge in [0.2, 0.25) is 11.8 Å². The molecule has 0 radical (unpaired) electrons. The Morgan fingerprint density at radius 3 is 2.61 bits per heavy atom. The van der Waals surface area contributed by atoms with Crippen molar-refractivity contribution in [3.05, 3.63) is 17.8 Å². The van der Waals surface area contributed by atoms with E-state index in [4.69, 9.17) is 0 Å². The second-order valence-electron chi connectivity index (χ2n) is 8.15. The van der Waals surface area contributed by atoms with Crippen LogP contribution in [0.3, 0.4) is 0 Å². The normalized spacial score (nSPS) is 15.6. The van der Waals surface area contributed by atoms with E-state index < -0.39 is 0 Å². The monoisotopic (exact) mass is 404 g/mol. The highest BCUT2D eigenvalue weighted by Crippen LogP contribution is 2.25. The third kappa shape index (κ3) is 5.17. The number of carbonyl (C=O) groups excluding carboxylic acids is 2. The fraction of sp³-hybridized carbons (Fsp3) is 0.579. The molecule has 1 saturated heterocycles. The maximum atomic E-state index is 12.7. The number of aromatic nitrogens is 2. The SMILES string of the molecule is CN(CC(=O)N1CCN(CC(=O)NC(C)(C)C)CC1)c1ncnc2sccc12. The highest BCUT2D eigenvalue weighted by Gasteiger charge is 2.24. The maximum Gasteiger partial charge on any atom is 0.242 e. The molecule has 0 spiro atoms. The number of thiophene rings is 1. The molecular weight excluding hydrogens is 376 g/mol. The van der Waals surface area contributed by atoms with Gasteiger partial charge in [-0.15, -0.1) is 11.3 Å². The summed E-state index contributed by atoms with van der Waals surface area (Å²) in [6, 6.07) is 1.98. The van der Waals surface area contributed by atoms with Crippen LogP contribution in [0.15, 0.2) is 17.8 Å². The summed E-state index contributed by atoms with van der Waals surface area (Å²) >= 11 is 1.56. The molecule has 1 aliphatic heterocycles. The number of amides is 2. The van der Waals surface area contributed by atoms with Crippen molar-refractivity contribution in [1.82, 2.24) is 25.1 Å². The molecular formula is C19H28N6O2S. The molecule has 0 aliphatic carbocycles. The maximum absolute atomic E-state index is 12.7. The number of hydrogen-bond donors (Lipinski definition) is 1. The highest BCUT2D eigenvalue weighted by atomic mass is 32.1.